The third kappa shape index (κ3) is 5.06. The molecule has 1 aromatic heterocycles. The zero-order valence-electron chi connectivity index (χ0n) is 12.7. The highest BCUT2D eigenvalue weighted by Crippen LogP contribution is 2.25. The summed E-state index contributed by atoms with van der Waals surface area (Å²) in [6.07, 6.45) is 0. The minimum Gasteiger partial charge on any atom is -0.411 e. The van der Waals surface area contributed by atoms with Crippen molar-refractivity contribution in [2.75, 3.05) is 12.3 Å². The fourth-order valence-electron chi connectivity index (χ4n) is 1.63. The van der Waals surface area contributed by atoms with E-state index in [-0.39, 0.29) is 28.5 Å². The molecular weight excluding hydrogens is 320 g/mol. The molecule has 122 valence electrons. The average molecular weight is 336 g/mol. The maximum Gasteiger partial charge on any atom is 0.277 e. The summed E-state index contributed by atoms with van der Waals surface area (Å²) >= 11 is 1.12. The maximum absolute atomic E-state index is 11.6. The zero-order chi connectivity index (χ0) is 16.8. The summed E-state index contributed by atoms with van der Waals surface area (Å²) < 4.78 is 5.42. The number of hydrogen-bond acceptors (Lipinski definition) is 7. The van der Waals surface area contributed by atoms with Crippen LogP contribution in [-0.2, 0) is 4.79 Å². The van der Waals surface area contributed by atoms with Gasteiger partial charge in [0.15, 0.2) is 0 Å². The van der Waals surface area contributed by atoms with Gasteiger partial charge >= 0.3 is 0 Å². The van der Waals surface area contributed by atoms with E-state index in [4.69, 9.17) is 4.42 Å². The molecule has 1 heterocycles. The molecule has 1 aromatic carbocycles. The Balaban J connectivity index is 1.97. The number of nitrogens with zero attached hydrogens (tertiary/aromatic N) is 3. The van der Waals surface area contributed by atoms with Crippen LogP contribution in [0.15, 0.2) is 33.9 Å². The number of rotatable bonds is 7. The van der Waals surface area contributed by atoms with E-state index in [9.17, 15) is 14.9 Å². The van der Waals surface area contributed by atoms with E-state index in [0.717, 1.165) is 11.8 Å². The monoisotopic (exact) mass is 336 g/mol. The first kappa shape index (κ1) is 16.9. The van der Waals surface area contributed by atoms with Crippen LogP contribution in [-0.4, -0.2) is 33.3 Å². The number of amides is 1. The molecule has 1 N–H and O–H groups in total. The highest BCUT2D eigenvalue weighted by atomic mass is 32.2. The first-order valence-corrected chi connectivity index (χ1v) is 7.92. The van der Waals surface area contributed by atoms with Crippen LogP contribution in [0.1, 0.15) is 13.8 Å². The van der Waals surface area contributed by atoms with Crippen molar-refractivity contribution >= 4 is 23.4 Å². The fraction of sp³-hybridized carbons (Fsp3) is 0.357. The molecule has 1 amide bonds. The van der Waals surface area contributed by atoms with E-state index in [1.54, 1.807) is 12.1 Å². The van der Waals surface area contributed by atoms with Gasteiger partial charge in [-0.3, -0.25) is 14.9 Å². The lowest BCUT2D eigenvalue weighted by Crippen LogP contribution is -2.28. The van der Waals surface area contributed by atoms with Crippen molar-refractivity contribution in [2.45, 2.75) is 19.1 Å². The molecule has 0 radical (unpaired) electrons. The molecule has 2 aromatic rings. The van der Waals surface area contributed by atoms with Gasteiger partial charge in [-0.15, -0.1) is 10.2 Å². The number of benzene rings is 1. The topological polar surface area (TPSA) is 111 Å². The van der Waals surface area contributed by atoms with E-state index in [2.05, 4.69) is 15.5 Å². The van der Waals surface area contributed by atoms with Gasteiger partial charge < -0.3 is 9.73 Å². The lowest BCUT2D eigenvalue weighted by atomic mass is 10.2. The summed E-state index contributed by atoms with van der Waals surface area (Å²) in [7, 11) is 0. The van der Waals surface area contributed by atoms with E-state index >= 15 is 0 Å². The van der Waals surface area contributed by atoms with Crippen molar-refractivity contribution in [3.63, 3.8) is 0 Å². The van der Waals surface area contributed by atoms with Gasteiger partial charge in [-0.05, 0) is 12.0 Å². The lowest BCUT2D eigenvalue weighted by molar-refractivity contribution is -0.384. The van der Waals surface area contributed by atoms with Crippen molar-refractivity contribution < 1.29 is 14.1 Å². The van der Waals surface area contributed by atoms with Gasteiger partial charge in [0, 0.05) is 24.2 Å². The summed E-state index contributed by atoms with van der Waals surface area (Å²) in [5.41, 5.74) is 0.408. The zero-order valence-corrected chi connectivity index (χ0v) is 13.5. The summed E-state index contributed by atoms with van der Waals surface area (Å²) in [6.45, 7) is 4.63. The molecule has 0 bridgehead atoms. The van der Waals surface area contributed by atoms with Gasteiger partial charge in [-0.2, -0.15) is 0 Å². The standard InChI is InChI=1S/C14H16N4O4S/c1-9(2)7-15-12(19)8-23-14-17-16-13(22-14)10-4-3-5-11(6-10)18(20)21/h3-6,9H,7-8H2,1-2H3,(H,15,19). The highest BCUT2D eigenvalue weighted by molar-refractivity contribution is 7.99. The molecule has 0 fully saturated rings. The second-order valence-corrected chi connectivity index (χ2v) is 6.09. The van der Waals surface area contributed by atoms with Crippen molar-refractivity contribution in [3.8, 4) is 11.5 Å². The molecule has 2 rings (SSSR count). The molecular formula is C14H16N4O4S. The van der Waals surface area contributed by atoms with E-state index in [1.165, 1.54) is 12.1 Å². The van der Waals surface area contributed by atoms with E-state index < -0.39 is 4.92 Å². The number of hydrogen-bond donors (Lipinski definition) is 1. The van der Waals surface area contributed by atoms with Crippen molar-refractivity contribution in [3.05, 3.63) is 34.4 Å². The number of carbonyl (C=O) groups is 1. The molecule has 8 nitrogen and oxygen atoms in total. The first-order valence-electron chi connectivity index (χ1n) is 6.93. The van der Waals surface area contributed by atoms with Crippen LogP contribution in [0, 0.1) is 16.0 Å². The largest absolute Gasteiger partial charge is 0.411 e. The molecule has 9 heteroatoms. The first-order chi connectivity index (χ1) is 11.0. The summed E-state index contributed by atoms with van der Waals surface area (Å²) in [5, 5.41) is 21.5. The summed E-state index contributed by atoms with van der Waals surface area (Å²) in [4.78, 5) is 21.9. The van der Waals surface area contributed by atoms with Crippen LogP contribution in [0.2, 0.25) is 0 Å². The van der Waals surface area contributed by atoms with Gasteiger partial charge in [-0.25, -0.2) is 0 Å². The number of nitro benzene ring substituents is 1. The second kappa shape index (κ2) is 7.73. The van der Waals surface area contributed by atoms with Gasteiger partial charge in [0.2, 0.25) is 11.8 Å². The maximum atomic E-state index is 11.6. The molecule has 0 saturated carbocycles. The van der Waals surface area contributed by atoms with Crippen molar-refractivity contribution in [1.29, 1.82) is 0 Å². The Labute approximate surface area is 136 Å². The molecule has 0 atom stereocenters. The Morgan fingerprint density at radius 1 is 1.43 bits per heavy atom. The summed E-state index contributed by atoms with van der Waals surface area (Å²) in [5.74, 6) is 0.619. The minimum atomic E-state index is -0.491. The number of aromatic nitrogens is 2. The molecule has 0 aliphatic carbocycles. The van der Waals surface area contributed by atoms with Gasteiger partial charge in [-0.1, -0.05) is 31.7 Å². The van der Waals surface area contributed by atoms with Gasteiger partial charge in [0.05, 0.1) is 10.7 Å². The van der Waals surface area contributed by atoms with Crippen molar-refractivity contribution in [1.82, 2.24) is 15.5 Å². The minimum absolute atomic E-state index is 0.0528. The predicted octanol–water partition coefficient (Wildman–Crippen LogP) is 2.51. The van der Waals surface area contributed by atoms with Crippen LogP contribution in [0.4, 0.5) is 5.69 Å². The number of non-ortho nitro benzene ring substituents is 1. The number of carbonyl (C=O) groups excluding carboxylic acids is 1. The summed E-state index contributed by atoms with van der Waals surface area (Å²) in [6, 6.07) is 5.93. The molecule has 0 aliphatic heterocycles. The van der Waals surface area contributed by atoms with E-state index in [1.807, 2.05) is 13.8 Å². The Morgan fingerprint density at radius 3 is 2.91 bits per heavy atom. The fourth-order valence-corrected chi connectivity index (χ4v) is 2.23. The second-order valence-electron chi connectivity index (χ2n) is 5.17. The third-order valence-electron chi connectivity index (χ3n) is 2.74. The normalized spacial score (nSPS) is 10.7. The Hall–Kier alpha value is -2.42. The van der Waals surface area contributed by atoms with Crippen LogP contribution in [0.3, 0.4) is 0 Å². The van der Waals surface area contributed by atoms with Gasteiger partial charge in [0.1, 0.15) is 0 Å². The number of nitro groups is 1. The molecule has 23 heavy (non-hydrogen) atoms. The third-order valence-corrected chi connectivity index (χ3v) is 3.56. The van der Waals surface area contributed by atoms with E-state index in [0.29, 0.717) is 18.0 Å². The smallest absolute Gasteiger partial charge is 0.277 e. The van der Waals surface area contributed by atoms with Crippen LogP contribution in [0.5, 0.6) is 0 Å². The Bertz CT molecular complexity index is 702. The Kier molecular flexibility index (Phi) is 5.69. The highest BCUT2D eigenvalue weighted by Gasteiger charge is 2.14. The SMILES string of the molecule is CC(C)CNC(=O)CSc1nnc(-c2cccc([N+](=O)[O-])c2)o1. The van der Waals surface area contributed by atoms with Gasteiger partial charge in [0.25, 0.3) is 10.9 Å². The quantitative estimate of drug-likeness (QED) is 0.469. The predicted molar refractivity (Wildman–Crippen MR) is 85.0 cm³/mol. The molecule has 0 unspecified atom stereocenters. The van der Waals surface area contributed by atoms with Crippen LogP contribution < -0.4 is 5.32 Å². The molecule has 0 aliphatic rings. The van der Waals surface area contributed by atoms with Crippen molar-refractivity contribution in [2.24, 2.45) is 5.92 Å². The van der Waals surface area contributed by atoms with Crippen LogP contribution >= 0.6 is 11.8 Å². The average Bonchev–Trinajstić information content (AvgIpc) is 3.00. The number of thioether (sulfide) groups is 1. The number of nitrogens with one attached hydrogen (secondary N) is 1. The van der Waals surface area contributed by atoms with Crippen LogP contribution in [0.25, 0.3) is 11.5 Å². The Morgan fingerprint density at radius 2 is 2.22 bits per heavy atom. The lowest BCUT2D eigenvalue weighted by Gasteiger charge is -2.05. The molecule has 0 saturated heterocycles. The molecule has 0 spiro atoms.